The minimum atomic E-state index is 0.739. The number of hydrogen-bond acceptors (Lipinski definition) is 3. The number of carbonyl (C=O) groups excluding carboxylic acids is 1. The maximum atomic E-state index is 10.6. The number of nitrogens with zero attached hydrogens (tertiary/aromatic N) is 2. The molecule has 0 spiro atoms. The van der Waals surface area contributed by atoms with Gasteiger partial charge in [0, 0.05) is 44.0 Å². The second kappa shape index (κ2) is 6.01. The first-order valence-corrected chi connectivity index (χ1v) is 6.71. The normalized spacial score (nSPS) is 17.2. The second-order valence-electron chi connectivity index (χ2n) is 5.39. The molecule has 1 aromatic rings. The number of anilines is 1. The van der Waals surface area contributed by atoms with E-state index < -0.39 is 0 Å². The molecule has 0 aromatic heterocycles. The van der Waals surface area contributed by atoms with Gasteiger partial charge in [-0.05, 0) is 30.2 Å². The van der Waals surface area contributed by atoms with E-state index in [0.717, 1.165) is 43.9 Å². The molecule has 1 fully saturated rings. The van der Waals surface area contributed by atoms with Gasteiger partial charge in [-0.2, -0.15) is 0 Å². The SMILES string of the molecule is CC(C)CN1CCN(c2ccc(C=O)cc2)CC1. The molecule has 3 heteroatoms. The maximum absolute atomic E-state index is 10.6. The van der Waals surface area contributed by atoms with Crippen molar-refractivity contribution in [2.75, 3.05) is 37.6 Å². The second-order valence-corrected chi connectivity index (χ2v) is 5.39. The van der Waals surface area contributed by atoms with Crippen LogP contribution in [0.25, 0.3) is 0 Å². The lowest BCUT2D eigenvalue weighted by atomic mass is 10.1. The van der Waals surface area contributed by atoms with Gasteiger partial charge in [0.15, 0.2) is 0 Å². The summed E-state index contributed by atoms with van der Waals surface area (Å²) in [6, 6.07) is 7.87. The van der Waals surface area contributed by atoms with Crippen LogP contribution in [0.1, 0.15) is 24.2 Å². The zero-order chi connectivity index (χ0) is 13.0. The molecule has 1 aliphatic rings. The Kier molecular flexibility index (Phi) is 4.37. The first kappa shape index (κ1) is 13.1. The minimum Gasteiger partial charge on any atom is -0.369 e. The molecule has 0 bridgehead atoms. The van der Waals surface area contributed by atoms with Crippen LogP contribution in [0.4, 0.5) is 5.69 Å². The Bertz CT molecular complexity index is 378. The van der Waals surface area contributed by atoms with Gasteiger partial charge in [-0.15, -0.1) is 0 Å². The monoisotopic (exact) mass is 246 g/mol. The third-order valence-electron chi connectivity index (χ3n) is 3.39. The van der Waals surface area contributed by atoms with Crippen LogP contribution in [0.3, 0.4) is 0 Å². The summed E-state index contributed by atoms with van der Waals surface area (Å²) in [6.45, 7) is 10.1. The first-order chi connectivity index (χ1) is 8.69. The number of benzene rings is 1. The quantitative estimate of drug-likeness (QED) is 0.761. The molecule has 1 aliphatic heterocycles. The van der Waals surface area contributed by atoms with Gasteiger partial charge >= 0.3 is 0 Å². The van der Waals surface area contributed by atoms with Crippen molar-refractivity contribution in [2.45, 2.75) is 13.8 Å². The Morgan fingerprint density at radius 3 is 2.22 bits per heavy atom. The van der Waals surface area contributed by atoms with Crippen LogP contribution in [0.2, 0.25) is 0 Å². The van der Waals surface area contributed by atoms with E-state index >= 15 is 0 Å². The highest BCUT2D eigenvalue weighted by Gasteiger charge is 2.17. The van der Waals surface area contributed by atoms with Crippen LogP contribution in [-0.2, 0) is 0 Å². The summed E-state index contributed by atoms with van der Waals surface area (Å²) >= 11 is 0. The molecular weight excluding hydrogens is 224 g/mol. The van der Waals surface area contributed by atoms with Crippen LogP contribution >= 0.6 is 0 Å². The van der Waals surface area contributed by atoms with E-state index in [1.54, 1.807) is 0 Å². The van der Waals surface area contributed by atoms with Crippen LogP contribution in [0.5, 0.6) is 0 Å². The molecule has 0 saturated carbocycles. The van der Waals surface area contributed by atoms with Gasteiger partial charge in [-0.3, -0.25) is 9.69 Å². The number of rotatable bonds is 4. The van der Waals surface area contributed by atoms with Crippen LogP contribution in [-0.4, -0.2) is 43.9 Å². The Labute approximate surface area is 109 Å². The topological polar surface area (TPSA) is 23.6 Å². The number of carbonyl (C=O) groups is 1. The third-order valence-corrected chi connectivity index (χ3v) is 3.39. The molecular formula is C15H22N2O. The van der Waals surface area contributed by atoms with Crippen molar-refractivity contribution in [1.82, 2.24) is 4.90 Å². The predicted molar refractivity (Wildman–Crippen MR) is 75.3 cm³/mol. The fourth-order valence-corrected chi connectivity index (χ4v) is 2.47. The smallest absolute Gasteiger partial charge is 0.150 e. The molecule has 1 saturated heterocycles. The van der Waals surface area contributed by atoms with E-state index in [9.17, 15) is 4.79 Å². The summed E-state index contributed by atoms with van der Waals surface area (Å²) in [6.07, 6.45) is 0.893. The van der Waals surface area contributed by atoms with Crippen molar-refractivity contribution in [3.05, 3.63) is 29.8 Å². The highest BCUT2D eigenvalue weighted by Crippen LogP contribution is 2.17. The average Bonchev–Trinajstić information content (AvgIpc) is 2.39. The Morgan fingerprint density at radius 2 is 1.72 bits per heavy atom. The van der Waals surface area contributed by atoms with Gasteiger partial charge in [0.05, 0.1) is 0 Å². The number of piperazine rings is 1. The summed E-state index contributed by atoms with van der Waals surface area (Å²) in [5, 5.41) is 0. The standard InChI is InChI=1S/C15H22N2O/c1-13(2)11-16-7-9-17(10-8-16)15-5-3-14(12-18)4-6-15/h3-6,12-13H,7-11H2,1-2H3. The van der Waals surface area contributed by atoms with E-state index in [2.05, 4.69) is 23.6 Å². The van der Waals surface area contributed by atoms with Crippen LogP contribution in [0.15, 0.2) is 24.3 Å². The zero-order valence-corrected chi connectivity index (χ0v) is 11.3. The number of hydrogen-bond donors (Lipinski definition) is 0. The fourth-order valence-electron chi connectivity index (χ4n) is 2.47. The molecule has 0 unspecified atom stereocenters. The molecule has 2 rings (SSSR count). The Morgan fingerprint density at radius 1 is 1.11 bits per heavy atom. The summed E-state index contributed by atoms with van der Waals surface area (Å²) in [7, 11) is 0. The van der Waals surface area contributed by atoms with Crippen molar-refractivity contribution >= 4 is 12.0 Å². The fraction of sp³-hybridized carbons (Fsp3) is 0.533. The molecule has 0 atom stereocenters. The lowest BCUT2D eigenvalue weighted by molar-refractivity contribution is 0.112. The number of aldehydes is 1. The van der Waals surface area contributed by atoms with Gasteiger partial charge < -0.3 is 4.90 Å². The molecule has 0 aliphatic carbocycles. The summed E-state index contributed by atoms with van der Waals surface area (Å²) in [4.78, 5) is 15.5. The zero-order valence-electron chi connectivity index (χ0n) is 11.3. The molecule has 0 radical (unpaired) electrons. The largest absolute Gasteiger partial charge is 0.369 e. The predicted octanol–water partition coefficient (Wildman–Crippen LogP) is 2.28. The van der Waals surface area contributed by atoms with Crippen molar-refractivity contribution in [2.24, 2.45) is 5.92 Å². The first-order valence-electron chi connectivity index (χ1n) is 6.71. The van der Waals surface area contributed by atoms with E-state index in [0.29, 0.717) is 0 Å². The summed E-state index contributed by atoms with van der Waals surface area (Å²) in [5.41, 5.74) is 1.97. The molecule has 18 heavy (non-hydrogen) atoms. The van der Waals surface area contributed by atoms with E-state index in [1.807, 2.05) is 24.3 Å². The minimum absolute atomic E-state index is 0.739. The molecule has 1 heterocycles. The molecule has 1 aromatic carbocycles. The van der Waals surface area contributed by atoms with Gasteiger partial charge in [0.25, 0.3) is 0 Å². The van der Waals surface area contributed by atoms with Crippen molar-refractivity contribution < 1.29 is 4.79 Å². The molecule has 0 amide bonds. The Balaban J connectivity index is 1.90. The molecule has 3 nitrogen and oxygen atoms in total. The molecule has 98 valence electrons. The van der Waals surface area contributed by atoms with E-state index in [1.165, 1.54) is 12.2 Å². The highest BCUT2D eigenvalue weighted by atomic mass is 16.1. The third kappa shape index (κ3) is 3.33. The Hall–Kier alpha value is -1.35. The van der Waals surface area contributed by atoms with Crippen LogP contribution < -0.4 is 4.90 Å². The van der Waals surface area contributed by atoms with Crippen molar-refractivity contribution in [3.8, 4) is 0 Å². The summed E-state index contributed by atoms with van der Waals surface area (Å²) < 4.78 is 0. The highest BCUT2D eigenvalue weighted by molar-refractivity contribution is 5.75. The van der Waals surface area contributed by atoms with Gasteiger partial charge in [-0.1, -0.05) is 13.8 Å². The van der Waals surface area contributed by atoms with E-state index in [-0.39, 0.29) is 0 Å². The lowest BCUT2D eigenvalue weighted by Gasteiger charge is -2.36. The molecule has 0 N–H and O–H groups in total. The average molecular weight is 246 g/mol. The lowest BCUT2D eigenvalue weighted by Crippen LogP contribution is -2.47. The van der Waals surface area contributed by atoms with Gasteiger partial charge in [0.2, 0.25) is 0 Å². The van der Waals surface area contributed by atoms with Crippen molar-refractivity contribution in [1.29, 1.82) is 0 Å². The van der Waals surface area contributed by atoms with Gasteiger partial charge in [0.1, 0.15) is 6.29 Å². The van der Waals surface area contributed by atoms with Crippen LogP contribution in [0, 0.1) is 5.92 Å². The van der Waals surface area contributed by atoms with Gasteiger partial charge in [-0.25, -0.2) is 0 Å². The summed E-state index contributed by atoms with van der Waals surface area (Å²) in [5.74, 6) is 0.739. The van der Waals surface area contributed by atoms with E-state index in [4.69, 9.17) is 0 Å². The van der Waals surface area contributed by atoms with Crippen molar-refractivity contribution in [3.63, 3.8) is 0 Å². The maximum Gasteiger partial charge on any atom is 0.150 e.